The largest absolute Gasteiger partial charge is 0.340 e. The first-order chi connectivity index (χ1) is 9.54. The van der Waals surface area contributed by atoms with Gasteiger partial charge >= 0.3 is 0 Å². The molecule has 1 N–H and O–H groups in total. The predicted molar refractivity (Wildman–Crippen MR) is 84.3 cm³/mol. The molecule has 2 aromatic rings. The molecule has 0 radical (unpaired) electrons. The van der Waals surface area contributed by atoms with Gasteiger partial charge in [-0.05, 0) is 37.1 Å². The molecule has 1 aromatic heterocycles. The van der Waals surface area contributed by atoms with E-state index in [0.717, 1.165) is 16.7 Å². The highest BCUT2D eigenvalue weighted by Crippen LogP contribution is 2.23. The molecular formula is C16H18BrN3. The van der Waals surface area contributed by atoms with Crippen molar-refractivity contribution in [3.8, 4) is 6.07 Å². The number of nitrogens with zero attached hydrogens (tertiary/aromatic N) is 2. The summed E-state index contributed by atoms with van der Waals surface area (Å²) in [5.41, 5.74) is 4.24. The first-order valence-electron chi connectivity index (χ1n) is 6.57. The molecule has 3 nitrogen and oxygen atoms in total. The standard InChI is InChI=1S/C16H18BrN3/c1-11(15-6-4-5-7-16(15)17)19-10-13-8-14(9-18)20(3)12(13)2/h4-8,11,19H,10H2,1-3H3/t11-/m0/s1. The summed E-state index contributed by atoms with van der Waals surface area (Å²) in [6, 6.07) is 12.6. The quantitative estimate of drug-likeness (QED) is 0.925. The lowest BCUT2D eigenvalue weighted by molar-refractivity contribution is 0.571. The lowest BCUT2D eigenvalue weighted by Crippen LogP contribution is -2.18. The van der Waals surface area contributed by atoms with Gasteiger partial charge in [0.1, 0.15) is 11.8 Å². The van der Waals surface area contributed by atoms with Crippen molar-refractivity contribution in [2.24, 2.45) is 7.05 Å². The molecule has 1 aromatic carbocycles. The van der Waals surface area contributed by atoms with Crippen LogP contribution in [0.2, 0.25) is 0 Å². The van der Waals surface area contributed by atoms with Crippen LogP contribution in [0.4, 0.5) is 0 Å². The maximum atomic E-state index is 9.05. The van der Waals surface area contributed by atoms with Gasteiger partial charge in [-0.25, -0.2) is 0 Å². The van der Waals surface area contributed by atoms with Gasteiger partial charge < -0.3 is 9.88 Å². The van der Waals surface area contributed by atoms with Crippen LogP contribution in [-0.2, 0) is 13.6 Å². The van der Waals surface area contributed by atoms with E-state index in [2.05, 4.69) is 46.4 Å². The van der Waals surface area contributed by atoms with Gasteiger partial charge in [-0.2, -0.15) is 5.26 Å². The first-order valence-corrected chi connectivity index (χ1v) is 7.37. The van der Waals surface area contributed by atoms with Gasteiger partial charge in [0.15, 0.2) is 0 Å². The van der Waals surface area contributed by atoms with Crippen LogP contribution in [0.15, 0.2) is 34.8 Å². The minimum Gasteiger partial charge on any atom is -0.340 e. The summed E-state index contributed by atoms with van der Waals surface area (Å²) in [7, 11) is 1.93. The molecule has 0 spiro atoms. The fraction of sp³-hybridized carbons (Fsp3) is 0.312. The molecule has 0 unspecified atom stereocenters. The normalized spacial score (nSPS) is 12.2. The second kappa shape index (κ2) is 6.25. The average molecular weight is 332 g/mol. The SMILES string of the molecule is Cc1c(CN[C@@H](C)c2ccccc2Br)cc(C#N)n1C. The van der Waals surface area contributed by atoms with Gasteiger partial charge in [0.25, 0.3) is 0 Å². The van der Waals surface area contributed by atoms with Crippen LogP contribution in [0.1, 0.15) is 35.5 Å². The molecule has 104 valence electrons. The van der Waals surface area contributed by atoms with E-state index in [1.165, 1.54) is 11.1 Å². The van der Waals surface area contributed by atoms with E-state index in [-0.39, 0.29) is 6.04 Å². The Kier molecular flexibility index (Phi) is 4.64. The molecule has 0 saturated heterocycles. The summed E-state index contributed by atoms with van der Waals surface area (Å²) in [5.74, 6) is 0. The third-order valence-electron chi connectivity index (χ3n) is 3.73. The van der Waals surface area contributed by atoms with Crippen LogP contribution in [-0.4, -0.2) is 4.57 Å². The minimum absolute atomic E-state index is 0.246. The molecule has 0 aliphatic heterocycles. The smallest absolute Gasteiger partial charge is 0.120 e. The minimum atomic E-state index is 0.246. The lowest BCUT2D eigenvalue weighted by atomic mass is 10.1. The van der Waals surface area contributed by atoms with Crippen molar-refractivity contribution >= 4 is 15.9 Å². The summed E-state index contributed by atoms with van der Waals surface area (Å²) in [4.78, 5) is 0. The van der Waals surface area contributed by atoms with E-state index < -0.39 is 0 Å². The average Bonchev–Trinajstić information content (AvgIpc) is 2.72. The van der Waals surface area contributed by atoms with E-state index in [4.69, 9.17) is 5.26 Å². The molecule has 0 amide bonds. The van der Waals surface area contributed by atoms with Crippen molar-refractivity contribution in [3.05, 3.63) is 57.3 Å². The van der Waals surface area contributed by atoms with Crippen LogP contribution in [0.3, 0.4) is 0 Å². The van der Waals surface area contributed by atoms with E-state index in [1.54, 1.807) is 0 Å². The Balaban J connectivity index is 2.10. The zero-order valence-corrected chi connectivity index (χ0v) is 13.5. The maximum Gasteiger partial charge on any atom is 0.120 e. The highest BCUT2D eigenvalue weighted by atomic mass is 79.9. The van der Waals surface area contributed by atoms with Crippen LogP contribution < -0.4 is 5.32 Å². The highest BCUT2D eigenvalue weighted by molar-refractivity contribution is 9.10. The topological polar surface area (TPSA) is 40.8 Å². The van der Waals surface area contributed by atoms with Gasteiger partial charge in [0.2, 0.25) is 0 Å². The van der Waals surface area contributed by atoms with Gasteiger partial charge in [-0.3, -0.25) is 0 Å². The summed E-state index contributed by atoms with van der Waals surface area (Å²) >= 11 is 3.58. The second-order valence-electron chi connectivity index (χ2n) is 4.94. The van der Waals surface area contributed by atoms with Crippen molar-refractivity contribution in [1.82, 2.24) is 9.88 Å². The Morgan fingerprint density at radius 1 is 1.40 bits per heavy atom. The van der Waals surface area contributed by atoms with Crippen molar-refractivity contribution in [1.29, 1.82) is 5.26 Å². The highest BCUT2D eigenvalue weighted by Gasteiger charge is 2.11. The van der Waals surface area contributed by atoms with E-state index in [9.17, 15) is 0 Å². The van der Waals surface area contributed by atoms with E-state index in [1.807, 2.05) is 36.7 Å². The number of rotatable bonds is 4. The Labute approximate surface area is 128 Å². The number of halogens is 1. The third kappa shape index (κ3) is 2.95. The summed E-state index contributed by atoms with van der Waals surface area (Å²) in [6.45, 7) is 4.94. The van der Waals surface area contributed by atoms with Crippen molar-refractivity contribution in [2.75, 3.05) is 0 Å². The fourth-order valence-electron chi connectivity index (χ4n) is 2.25. The maximum absolute atomic E-state index is 9.05. The van der Waals surface area contributed by atoms with Crippen LogP contribution >= 0.6 is 15.9 Å². The summed E-state index contributed by atoms with van der Waals surface area (Å²) < 4.78 is 3.04. The van der Waals surface area contributed by atoms with Crippen LogP contribution in [0, 0.1) is 18.3 Å². The molecule has 0 fully saturated rings. The molecular weight excluding hydrogens is 314 g/mol. The molecule has 4 heteroatoms. The molecule has 1 heterocycles. The molecule has 0 aliphatic carbocycles. The molecule has 0 bridgehead atoms. The Morgan fingerprint density at radius 2 is 2.10 bits per heavy atom. The summed E-state index contributed by atoms with van der Waals surface area (Å²) in [6.07, 6.45) is 0. The van der Waals surface area contributed by atoms with Gasteiger partial charge in [-0.1, -0.05) is 34.1 Å². The van der Waals surface area contributed by atoms with Crippen LogP contribution in [0.5, 0.6) is 0 Å². The predicted octanol–water partition coefficient (Wildman–Crippen LogP) is 3.82. The number of benzene rings is 1. The Morgan fingerprint density at radius 3 is 2.70 bits per heavy atom. The number of hydrogen-bond donors (Lipinski definition) is 1. The van der Waals surface area contributed by atoms with Gasteiger partial charge in [-0.15, -0.1) is 0 Å². The monoisotopic (exact) mass is 331 g/mol. The first kappa shape index (κ1) is 14.8. The number of hydrogen-bond acceptors (Lipinski definition) is 2. The fourth-order valence-corrected chi connectivity index (χ4v) is 2.88. The van der Waals surface area contributed by atoms with Crippen molar-refractivity contribution in [3.63, 3.8) is 0 Å². The summed E-state index contributed by atoms with van der Waals surface area (Å²) in [5, 5.41) is 12.6. The van der Waals surface area contributed by atoms with Crippen molar-refractivity contribution < 1.29 is 0 Å². The molecule has 20 heavy (non-hydrogen) atoms. The Bertz CT molecular complexity index is 652. The van der Waals surface area contributed by atoms with Gasteiger partial charge in [0, 0.05) is 29.8 Å². The third-order valence-corrected chi connectivity index (χ3v) is 4.45. The number of nitrogens with one attached hydrogen (secondary N) is 1. The number of nitriles is 1. The molecule has 0 aliphatic rings. The zero-order valence-electron chi connectivity index (χ0n) is 11.9. The van der Waals surface area contributed by atoms with Gasteiger partial charge in [0.05, 0.1) is 0 Å². The molecule has 2 rings (SSSR count). The van der Waals surface area contributed by atoms with E-state index >= 15 is 0 Å². The second-order valence-corrected chi connectivity index (χ2v) is 5.79. The van der Waals surface area contributed by atoms with E-state index in [0.29, 0.717) is 5.69 Å². The molecule has 0 saturated carbocycles. The van der Waals surface area contributed by atoms with Crippen LogP contribution in [0.25, 0.3) is 0 Å². The van der Waals surface area contributed by atoms with Crippen molar-refractivity contribution in [2.45, 2.75) is 26.4 Å². The lowest BCUT2D eigenvalue weighted by Gasteiger charge is -2.15. The number of aromatic nitrogens is 1. The Hall–Kier alpha value is -1.57. The molecule has 1 atom stereocenters. The zero-order chi connectivity index (χ0) is 14.7.